The van der Waals surface area contributed by atoms with E-state index in [0.717, 1.165) is 21.3 Å². The van der Waals surface area contributed by atoms with Crippen molar-refractivity contribution in [1.29, 1.82) is 0 Å². The van der Waals surface area contributed by atoms with Crippen LogP contribution in [0.15, 0.2) is 34.9 Å². The van der Waals surface area contributed by atoms with Gasteiger partial charge in [-0.1, -0.05) is 15.9 Å². The third-order valence-corrected chi connectivity index (χ3v) is 3.04. The molecular formula is C13H14BrN3. The Kier molecular flexibility index (Phi) is 3.33. The Balaban J connectivity index is 2.40. The quantitative estimate of drug-likeness (QED) is 0.885. The number of nitrogens with one attached hydrogen (secondary N) is 1. The average Bonchev–Trinajstić information content (AvgIpc) is 2.25. The summed E-state index contributed by atoms with van der Waals surface area (Å²) in [6, 6.07) is 7.78. The maximum Gasteiger partial charge on any atom is 0.153 e. The number of benzene rings is 1. The normalized spacial score (nSPS) is 10.3. The minimum atomic E-state index is 0.647. The minimum absolute atomic E-state index is 0.647. The molecule has 0 radical (unpaired) electrons. The third kappa shape index (κ3) is 2.58. The first-order chi connectivity index (χ1) is 8.08. The summed E-state index contributed by atoms with van der Waals surface area (Å²) >= 11 is 3.48. The molecule has 2 rings (SSSR count). The van der Waals surface area contributed by atoms with Crippen molar-refractivity contribution in [3.63, 3.8) is 0 Å². The van der Waals surface area contributed by atoms with Crippen molar-refractivity contribution in [2.24, 2.45) is 0 Å². The Morgan fingerprint density at radius 1 is 1.24 bits per heavy atom. The lowest BCUT2D eigenvalue weighted by molar-refractivity contribution is 1.28. The molecule has 1 heterocycles. The summed E-state index contributed by atoms with van der Waals surface area (Å²) in [4.78, 5) is 4.23. The summed E-state index contributed by atoms with van der Waals surface area (Å²) in [5.41, 5.74) is 9.87. The van der Waals surface area contributed by atoms with Gasteiger partial charge in [0.15, 0.2) is 5.82 Å². The SMILES string of the molecule is Cc1cc(Br)cc(C)c1Nc1ncccc1N. The van der Waals surface area contributed by atoms with Crippen LogP contribution >= 0.6 is 15.9 Å². The zero-order chi connectivity index (χ0) is 12.4. The molecule has 0 bridgehead atoms. The van der Waals surface area contributed by atoms with Crippen molar-refractivity contribution in [3.8, 4) is 0 Å². The van der Waals surface area contributed by atoms with Gasteiger partial charge in [-0.15, -0.1) is 0 Å². The molecule has 1 aromatic heterocycles. The summed E-state index contributed by atoms with van der Waals surface area (Å²) in [7, 11) is 0. The van der Waals surface area contributed by atoms with E-state index in [-0.39, 0.29) is 0 Å². The monoisotopic (exact) mass is 291 g/mol. The standard InChI is InChI=1S/C13H14BrN3/c1-8-6-10(14)7-9(2)12(8)17-13-11(15)4-3-5-16-13/h3-7H,15H2,1-2H3,(H,16,17). The van der Waals surface area contributed by atoms with E-state index in [1.165, 1.54) is 0 Å². The second-order valence-electron chi connectivity index (χ2n) is 3.98. The van der Waals surface area contributed by atoms with Crippen LogP contribution in [0.3, 0.4) is 0 Å². The maximum absolute atomic E-state index is 5.86. The zero-order valence-electron chi connectivity index (χ0n) is 9.79. The molecule has 3 N–H and O–H groups in total. The number of nitrogens with two attached hydrogens (primary N) is 1. The van der Waals surface area contributed by atoms with Crippen LogP contribution < -0.4 is 11.1 Å². The second kappa shape index (κ2) is 4.75. The first-order valence-corrected chi connectivity index (χ1v) is 6.11. The molecule has 0 aliphatic carbocycles. The largest absolute Gasteiger partial charge is 0.396 e. The fourth-order valence-corrected chi connectivity index (χ4v) is 2.44. The molecule has 0 fully saturated rings. The van der Waals surface area contributed by atoms with Crippen LogP contribution in [-0.2, 0) is 0 Å². The molecule has 3 nitrogen and oxygen atoms in total. The van der Waals surface area contributed by atoms with Crippen LogP contribution in [0, 0.1) is 13.8 Å². The van der Waals surface area contributed by atoms with E-state index in [2.05, 4.69) is 52.2 Å². The lowest BCUT2D eigenvalue weighted by atomic mass is 10.1. The summed E-state index contributed by atoms with van der Waals surface area (Å²) < 4.78 is 1.08. The Hall–Kier alpha value is -1.55. The number of anilines is 3. The Morgan fingerprint density at radius 3 is 2.47 bits per heavy atom. The first-order valence-electron chi connectivity index (χ1n) is 5.32. The Labute approximate surface area is 109 Å². The van der Waals surface area contributed by atoms with Crippen molar-refractivity contribution in [2.75, 3.05) is 11.1 Å². The van der Waals surface area contributed by atoms with E-state index in [1.54, 1.807) is 6.20 Å². The van der Waals surface area contributed by atoms with Gasteiger partial charge in [0.05, 0.1) is 5.69 Å². The lowest BCUT2D eigenvalue weighted by Crippen LogP contribution is -2.01. The van der Waals surface area contributed by atoms with Crippen molar-refractivity contribution in [3.05, 3.63) is 46.1 Å². The fraction of sp³-hybridized carbons (Fsp3) is 0.154. The summed E-state index contributed by atoms with van der Waals surface area (Å²) in [6.45, 7) is 4.11. The molecule has 17 heavy (non-hydrogen) atoms. The predicted octanol–water partition coefficient (Wildman–Crippen LogP) is 3.79. The number of hydrogen-bond donors (Lipinski definition) is 2. The number of aromatic nitrogens is 1. The summed E-state index contributed by atoms with van der Waals surface area (Å²) in [6.07, 6.45) is 1.72. The highest BCUT2D eigenvalue weighted by Gasteiger charge is 2.06. The fourth-order valence-electron chi connectivity index (χ4n) is 1.75. The van der Waals surface area contributed by atoms with Gasteiger partial charge < -0.3 is 11.1 Å². The van der Waals surface area contributed by atoms with Crippen LogP contribution in [0.5, 0.6) is 0 Å². The molecule has 0 unspecified atom stereocenters. The highest BCUT2D eigenvalue weighted by Crippen LogP contribution is 2.28. The molecule has 4 heteroatoms. The maximum atomic E-state index is 5.86. The van der Waals surface area contributed by atoms with Crippen LogP contribution in [0.4, 0.5) is 17.2 Å². The molecule has 2 aromatic rings. The lowest BCUT2D eigenvalue weighted by Gasteiger charge is -2.13. The summed E-state index contributed by atoms with van der Waals surface area (Å²) in [5.74, 6) is 0.695. The van der Waals surface area contributed by atoms with Crippen LogP contribution in [0.25, 0.3) is 0 Å². The van der Waals surface area contributed by atoms with Gasteiger partial charge >= 0.3 is 0 Å². The van der Waals surface area contributed by atoms with Crippen molar-refractivity contribution in [2.45, 2.75) is 13.8 Å². The first kappa shape index (κ1) is 11.9. The topological polar surface area (TPSA) is 50.9 Å². The van der Waals surface area contributed by atoms with Gasteiger partial charge in [-0.25, -0.2) is 4.98 Å². The van der Waals surface area contributed by atoms with E-state index in [4.69, 9.17) is 5.73 Å². The molecule has 1 aromatic carbocycles. The highest BCUT2D eigenvalue weighted by atomic mass is 79.9. The van der Waals surface area contributed by atoms with Gasteiger partial charge in [-0.3, -0.25) is 0 Å². The predicted molar refractivity (Wildman–Crippen MR) is 75.5 cm³/mol. The molecule has 88 valence electrons. The van der Waals surface area contributed by atoms with Gasteiger partial charge in [0.2, 0.25) is 0 Å². The van der Waals surface area contributed by atoms with Gasteiger partial charge in [-0.05, 0) is 49.2 Å². The van der Waals surface area contributed by atoms with E-state index in [1.807, 2.05) is 12.1 Å². The molecular weight excluding hydrogens is 278 g/mol. The van der Waals surface area contributed by atoms with Crippen LogP contribution in [0.2, 0.25) is 0 Å². The number of pyridine rings is 1. The number of rotatable bonds is 2. The van der Waals surface area contributed by atoms with Gasteiger partial charge in [0.1, 0.15) is 0 Å². The molecule has 0 saturated carbocycles. The number of aryl methyl sites for hydroxylation is 2. The zero-order valence-corrected chi connectivity index (χ0v) is 11.4. The highest BCUT2D eigenvalue weighted by molar-refractivity contribution is 9.10. The average molecular weight is 292 g/mol. The number of hydrogen-bond acceptors (Lipinski definition) is 3. The molecule has 0 atom stereocenters. The smallest absolute Gasteiger partial charge is 0.153 e. The summed E-state index contributed by atoms with van der Waals surface area (Å²) in [5, 5.41) is 3.28. The van der Waals surface area contributed by atoms with Gasteiger partial charge in [0, 0.05) is 16.4 Å². The molecule has 0 amide bonds. The van der Waals surface area contributed by atoms with E-state index >= 15 is 0 Å². The Bertz CT molecular complexity index is 529. The van der Waals surface area contributed by atoms with Crippen molar-refractivity contribution in [1.82, 2.24) is 4.98 Å². The number of halogens is 1. The van der Waals surface area contributed by atoms with Crippen LogP contribution in [-0.4, -0.2) is 4.98 Å². The number of nitrogen functional groups attached to an aromatic ring is 1. The minimum Gasteiger partial charge on any atom is -0.396 e. The van der Waals surface area contributed by atoms with Gasteiger partial charge in [-0.2, -0.15) is 0 Å². The van der Waals surface area contributed by atoms with Crippen LogP contribution in [0.1, 0.15) is 11.1 Å². The molecule has 0 saturated heterocycles. The molecule has 0 aliphatic heterocycles. The molecule has 0 spiro atoms. The second-order valence-corrected chi connectivity index (χ2v) is 4.90. The number of nitrogens with zero attached hydrogens (tertiary/aromatic N) is 1. The van der Waals surface area contributed by atoms with E-state index in [0.29, 0.717) is 11.5 Å². The van der Waals surface area contributed by atoms with E-state index in [9.17, 15) is 0 Å². The van der Waals surface area contributed by atoms with E-state index < -0.39 is 0 Å². The molecule has 0 aliphatic rings. The van der Waals surface area contributed by atoms with Crippen molar-refractivity contribution >= 4 is 33.1 Å². The third-order valence-electron chi connectivity index (χ3n) is 2.58. The Morgan fingerprint density at radius 2 is 1.88 bits per heavy atom. The van der Waals surface area contributed by atoms with Gasteiger partial charge in [0.25, 0.3) is 0 Å². The van der Waals surface area contributed by atoms with Crippen molar-refractivity contribution < 1.29 is 0 Å².